The van der Waals surface area contributed by atoms with Gasteiger partial charge in [-0.15, -0.1) is 0 Å². The van der Waals surface area contributed by atoms with Crippen LogP contribution in [0.15, 0.2) is 39.0 Å². The molecule has 0 aliphatic carbocycles. The fraction of sp³-hybridized carbons (Fsp3) is 0.455. The summed E-state index contributed by atoms with van der Waals surface area (Å²) in [5.74, 6) is 0.293. The van der Waals surface area contributed by atoms with Crippen molar-refractivity contribution in [3.63, 3.8) is 0 Å². The Hall–Kier alpha value is -2.81. The third-order valence-electron chi connectivity index (χ3n) is 5.86. The van der Waals surface area contributed by atoms with E-state index in [9.17, 15) is 14.4 Å². The Morgan fingerprint density at radius 2 is 1.87 bits per heavy atom. The topological polar surface area (TPSA) is 82.1 Å². The molecule has 31 heavy (non-hydrogen) atoms. The Morgan fingerprint density at radius 1 is 1.13 bits per heavy atom. The van der Waals surface area contributed by atoms with E-state index in [1.54, 1.807) is 7.05 Å². The number of thioether (sulfide) groups is 1. The number of hydrogen-bond donors (Lipinski definition) is 0. The fourth-order valence-electron chi connectivity index (χ4n) is 3.99. The molecule has 3 aromatic rings. The number of fused-ring (bicyclic) bond motifs is 2. The van der Waals surface area contributed by atoms with Gasteiger partial charge in [0.25, 0.3) is 5.56 Å². The first-order valence-corrected chi connectivity index (χ1v) is 11.5. The van der Waals surface area contributed by atoms with Crippen molar-refractivity contribution >= 4 is 28.8 Å². The van der Waals surface area contributed by atoms with E-state index in [-0.39, 0.29) is 17.2 Å². The van der Waals surface area contributed by atoms with Gasteiger partial charge in [0.2, 0.25) is 5.91 Å². The Morgan fingerprint density at radius 3 is 2.61 bits per heavy atom. The van der Waals surface area contributed by atoms with Gasteiger partial charge >= 0.3 is 5.69 Å². The lowest BCUT2D eigenvalue weighted by Gasteiger charge is -2.28. The minimum atomic E-state index is -0.405. The number of carbonyl (C=O) groups excluding carboxylic acids is 1. The molecule has 0 atom stereocenters. The monoisotopic (exact) mass is 441 g/mol. The number of aromatic nitrogens is 4. The van der Waals surface area contributed by atoms with E-state index in [2.05, 4.69) is 24.0 Å². The summed E-state index contributed by atoms with van der Waals surface area (Å²) < 4.78 is 4.37. The van der Waals surface area contributed by atoms with Gasteiger partial charge in [-0.2, -0.15) is 0 Å². The summed E-state index contributed by atoms with van der Waals surface area (Å²) in [6.45, 7) is 4.03. The van der Waals surface area contributed by atoms with E-state index in [0.29, 0.717) is 36.0 Å². The molecule has 2 aromatic heterocycles. The molecule has 0 radical (unpaired) electrons. The maximum atomic E-state index is 12.9. The van der Waals surface area contributed by atoms with Crippen molar-refractivity contribution in [3.05, 3.63) is 56.2 Å². The van der Waals surface area contributed by atoms with Crippen molar-refractivity contribution in [3.8, 4) is 0 Å². The average molecular weight is 442 g/mol. The van der Waals surface area contributed by atoms with Crippen molar-refractivity contribution in [1.29, 1.82) is 0 Å². The summed E-state index contributed by atoms with van der Waals surface area (Å²) in [5.41, 5.74) is 2.52. The second kappa shape index (κ2) is 8.74. The number of imidazole rings is 1. The van der Waals surface area contributed by atoms with Gasteiger partial charge in [0, 0.05) is 33.7 Å². The minimum absolute atomic E-state index is 0.0513. The molecule has 0 bridgehead atoms. The summed E-state index contributed by atoms with van der Waals surface area (Å²) >= 11 is 1.33. The van der Waals surface area contributed by atoms with Crippen LogP contribution in [0, 0.1) is 0 Å². The molecule has 9 heteroatoms. The minimum Gasteiger partial charge on any atom is -0.337 e. The summed E-state index contributed by atoms with van der Waals surface area (Å²) in [5, 5.41) is 0.604. The molecule has 4 rings (SSSR count). The number of nitrogens with zero attached hydrogens (tertiary/aromatic N) is 5. The zero-order chi connectivity index (χ0) is 22.1. The lowest BCUT2D eigenvalue weighted by atomic mass is 10.00. The third kappa shape index (κ3) is 3.94. The fourth-order valence-corrected chi connectivity index (χ4v) is 4.91. The second-order valence-corrected chi connectivity index (χ2v) is 8.84. The summed E-state index contributed by atoms with van der Waals surface area (Å²) in [4.78, 5) is 44.5. The van der Waals surface area contributed by atoms with Crippen LogP contribution < -0.4 is 11.2 Å². The molecule has 8 nitrogen and oxygen atoms in total. The first-order valence-electron chi connectivity index (χ1n) is 10.6. The molecule has 0 spiro atoms. The quantitative estimate of drug-likeness (QED) is 0.546. The van der Waals surface area contributed by atoms with Gasteiger partial charge in [-0.05, 0) is 24.0 Å². The van der Waals surface area contributed by atoms with Crippen molar-refractivity contribution in [1.82, 2.24) is 23.6 Å². The molecule has 164 valence electrons. The maximum absolute atomic E-state index is 12.9. The smallest absolute Gasteiger partial charge is 0.332 e. The highest BCUT2D eigenvalue weighted by Gasteiger charge is 2.23. The van der Waals surface area contributed by atoms with Crippen LogP contribution in [0.5, 0.6) is 0 Å². The van der Waals surface area contributed by atoms with Gasteiger partial charge in [0.15, 0.2) is 16.3 Å². The molecule has 0 unspecified atom stereocenters. The first kappa shape index (κ1) is 21.4. The Bertz CT molecular complexity index is 1260. The van der Waals surface area contributed by atoms with Crippen LogP contribution in [0.3, 0.4) is 0 Å². The maximum Gasteiger partial charge on any atom is 0.332 e. The van der Waals surface area contributed by atoms with Gasteiger partial charge < -0.3 is 9.47 Å². The van der Waals surface area contributed by atoms with E-state index in [4.69, 9.17) is 0 Å². The highest BCUT2D eigenvalue weighted by molar-refractivity contribution is 7.99. The highest BCUT2D eigenvalue weighted by Crippen LogP contribution is 2.24. The molecular formula is C22H27N5O3S. The highest BCUT2D eigenvalue weighted by atomic mass is 32.2. The van der Waals surface area contributed by atoms with Crippen LogP contribution in [0.4, 0.5) is 0 Å². The number of unbranched alkanes of at least 4 members (excludes halogenated alkanes) is 1. The second-order valence-electron chi connectivity index (χ2n) is 7.90. The van der Waals surface area contributed by atoms with Gasteiger partial charge in [0.1, 0.15) is 0 Å². The number of benzene rings is 1. The molecule has 1 aromatic carbocycles. The van der Waals surface area contributed by atoms with Crippen LogP contribution in [0.2, 0.25) is 0 Å². The van der Waals surface area contributed by atoms with Crippen molar-refractivity contribution < 1.29 is 4.79 Å². The number of carbonyl (C=O) groups is 1. The molecule has 0 N–H and O–H groups in total. The van der Waals surface area contributed by atoms with E-state index in [1.807, 2.05) is 21.6 Å². The van der Waals surface area contributed by atoms with Crippen LogP contribution >= 0.6 is 11.8 Å². The number of amides is 1. The predicted octanol–water partition coefficient (Wildman–Crippen LogP) is 1.91. The molecule has 1 aliphatic heterocycles. The van der Waals surface area contributed by atoms with Gasteiger partial charge in [-0.25, -0.2) is 9.78 Å². The normalized spacial score (nSPS) is 13.6. The van der Waals surface area contributed by atoms with Gasteiger partial charge in [-0.1, -0.05) is 49.4 Å². The zero-order valence-electron chi connectivity index (χ0n) is 18.1. The first-order chi connectivity index (χ1) is 14.9. The predicted molar refractivity (Wildman–Crippen MR) is 121 cm³/mol. The summed E-state index contributed by atoms with van der Waals surface area (Å²) in [6.07, 6.45) is 2.70. The number of hydrogen-bond acceptors (Lipinski definition) is 5. The lowest BCUT2D eigenvalue weighted by molar-refractivity contribution is -0.129. The average Bonchev–Trinajstić information content (AvgIpc) is 3.16. The molecule has 3 heterocycles. The Balaban J connectivity index is 1.60. The molecule has 1 amide bonds. The van der Waals surface area contributed by atoms with Crippen LogP contribution in [0.1, 0.15) is 30.9 Å². The van der Waals surface area contributed by atoms with Gasteiger partial charge in [0.05, 0.1) is 5.75 Å². The van der Waals surface area contributed by atoms with Crippen molar-refractivity contribution in [2.75, 3.05) is 12.3 Å². The SMILES string of the molecule is CCCCn1c(SCC(=O)N2CCc3ccccc3C2)nc2c1c(=O)n(C)c(=O)n2C. The largest absolute Gasteiger partial charge is 0.337 e. The van der Waals surface area contributed by atoms with Crippen LogP contribution in [0.25, 0.3) is 11.2 Å². The van der Waals surface area contributed by atoms with E-state index in [1.165, 1.54) is 34.5 Å². The van der Waals surface area contributed by atoms with Crippen LogP contribution in [-0.4, -0.2) is 41.8 Å². The van der Waals surface area contributed by atoms with E-state index < -0.39 is 5.69 Å². The zero-order valence-corrected chi connectivity index (χ0v) is 18.9. The molecular weight excluding hydrogens is 414 g/mol. The molecule has 1 aliphatic rings. The van der Waals surface area contributed by atoms with Crippen molar-refractivity contribution in [2.24, 2.45) is 14.1 Å². The molecule has 0 saturated heterocycles. The Kier molecular flexibility index (Phi) is 6.04. The van der Waals surface area contributed by atoms with E-state index in [0.717, 1.165) is 23.8 Å². The number of rotatable bonds is 6. The summed E-state index contributed by atoms with van der Waals surface area (Å²) in [6, 6.07) is 8.22. The van der Waals surface area contributed by atoms with Crippen LogP contribution in [-0.2, 0) is 38.4 Å². The third-order valence-corrected chi connectivity index (χ3v) is 6.82. The van der Waals surface area contributed by atoms with Gasteiger partial charge in [-0.3, -0.25) is 18.7 Å². The van der Waals surface area contributed by atoms with Crippen molar-refractivity contribution in [2.45, 2.75) is 44.4 Å². The lowest BCUT2D eigenvalue weighted by Crippen LogP contribution is -2.37. The standard InChI is InChI=1S/C22H27N5O3S/c1-4-5-11-27-18-19(24(2)22(30)25(3)20(18)29)23-21(27)31-14-17(28)26-12-10-15-8-6-7-9-16(15)13-26/h6-9H,4-5,10-14H2,1-3H3. The Labute approximate surface area is 184 Å². The number of aryl methyl sites for hydroxylation is 2. The summed E-state index contributed by atoms with van der Waals surface area (Å²) in [7, 11) is 3.10. The molecule has 0 fully saturated rings. The molecule has 0 saturated carbocycles. The van der Waals surface area contributed by atoms with E-state index >= 15 is 0 Å².